The van der Waals surface area contributed by atoms with Crippen LogP contribution in [0.2, 0.25) is 0 Å². The van der Waals surface area contributed by atoms with E-state index in [1.165, 1.54) is 31.2 Å². The molecule has 0 amide bonds. The van der Waals surface area contributed by atoms with Crippen LogP contribution in [-0.4, -0.2) is 7.11 Å². The normalized spacial score (nSPS) is 10.4. The lowest BCUT2D eigenvalue weighted by molar-refractivity contribution is 0.409. The number of unbranched alkanes of at least 4 members (excludes halogenated alkanes) is 3. The molecule has 0 aromatic heterocycles. The van der Waals surface area contributed by atoms with Crippen LogP contribution in [0.4, 0.5) is 0 Å². The van der Waals surface area contributed by atoms with Gasteiger partial charge < -0.3 is 9.47 Å². The van der Waals surface area contributed by atoms with Crippen LogP contribution < -0.4 is 9.47 Å². The second-order valence-electron chi connectivity index (χ2n) is 5.24. The average Bonchev–Trinajstić information content (AvgIpc) is 2.53. The minimum Gasteiger partial charge on any atom is -0.497 e. The lowest BCUT2D eigenvalue weighted by Gasteiger charge is -2.08. The molecule has 0 aliphatic carbocycles. The van der Waals surface area contributed by atoms with Crippen molar-refractivity contribution in [3.05, 3.63) is 54.1 Å². The van der Waals surface area contributed by atoms with Gasteiger partial charge in [0.15, 0.2) is 0 Å². The summed E-state index contributed by atoms with van der Waals surface area (Å²) in [5.41, 5.74) is 1.38. The van der Waals surface area contributed by atoms with Crippen LogP contribution in [0.15, 0.2) is 48.5 Å². The maximum absolute atomic E-state index is 5.84. The first-order valence-electron chi connectivity index (χ1n) is 7.72. The van der Waals surface area contributed by atoms with E-state index in [2.05, 4.69) is 19.1 Å². The Morgan fingerprint density at radius 1 is 0.810 bits per heavy atom. The Balaban J connectivity index is 1.89. The zero-order valence-corrected chi connectivity index (χ0v) is 13.0. The summed E-state index contributed by atoms with van der Waals surface area (Å²) >= 11 is 0. The molecule has 0 aliphatic rings. The van der Waals surface area contributed by atoms with E-state index in [9.17, 15) is 0 Å². The van der Waals surface area contributed by atoms with Crippen LogP contribution in [0.1, 0.15) is 38.2 Å². The third-order valence-corrected chi connectivity index (χ3v) is 3.52. The number of hydrogen-bond acceptors (Lipinski definition) is 2. The molecule has 0 fully saturated rings. The molecule has 2 heteroatoms. The fourth-order valence-electron chi connectivity index (χ4n) is 2.28. The van der Waals surface area contributed by atoms with E-state index in [-0.39, 0.29) is 0 Å². The van der Waals surface area contributed by atoms with Crippen LogP contribution in [0, 0.1) is 0 Å². The number of benzene rings is 2. The van der Waals surface area contributed by atoms with Crippen LogP contribution in [0.3, 0.4) is 0 Å². The van der Waals surface area contributed by atoms with Gasteiger partial charge in [-0.2, -0.15) is 0 Å². The van der Waals surface area contributed by atoms with Gasteiger partial charge in [-0.15, -0.1) is 0 Å². The number of rotatable bonds is 8. The molecule has 0 heterocycles. The Bertz CT molecular complexity index is 532. The molecule has 0 atom stereocenters. The Morgan fingerprint density at radius 3 is 2.29 bits per heavy atom. The smallest absolute Gasteiger partial charge is 0.131 e. The van der Waals surface area contributed by atoms with E-state index in [0.29, 0.717) is 0 Å². The van der Waals surface area contributed by atoms with E-state index in [0.717, 1.165) is 23.7 Å². The largest absolute Gasteiger partial charge is 0.497 e. The monoisotopic (exact) mass is 284 g/mol. The van der Waals surface area contributed by atoms with Crippen molar-refractivity contribution in [2.75, 3.05) is 7.11 Å². The quantitative estimate of drug-likeness (QED) is 0.586. The SMILES string of the molecule is CCCCCCc1ccc(Oc2cccc(OC)c2)cc1. The van der Waals surface area contributed by atoms with E-state index in [4.69, 9.17) is 9.47 Å². The van der Waals surface area contributed by atoms with Gasteiger partial charge in [-0.1, -0.05) is 44.4 Å². The van der Waals surface area contributed by atoms with Gasteiger partial charge in [-0.05, 0) is 42.7 Å². The lowest BCUT2D eigenvalue weighted by Crippen LogP contribution is -1.89. The first-order chi connectivity index (χ1) is 10.3. The third kappa shape index (κ3) is 5.14. The van der Waals surface area contributed by atoms with E-state index in [1.54, 1.807) is 7.11 Å². The second-order valence-corrected chi connectivity index (χ2v) is 5.24. The van der Waals surface area contributed by atoms with Gasteiger partial charge in [0.25, 0.3) is 0 Å². The molecular weight excluding hydrogens is 260 g/mol. The number of methoxy groups -OCH3 is 1. The highest BCUT2D eigenvalue weighted by Crippen LogP contribution is 2.25. The molecule has 2 aromatic carbocycles. The third-order valence-electron chi connectivity index (χ3n) is 3.52. The zero-order chi connectivity index (χ0) is 14.9. The first kappa shape index (κ1) is 15.4. The van der Waals surface area contributed by atoms with Gasteiger partial charge >= 0.3 is 0 Å². The molecule has 2 aromatic rings. The minimum absolute atomic E-state index is 0.796. The molecule has 0 saturated heterocycles. The molecule has 0 N–H and O–H groups in total. The highest BCUT2D eigenvalue weighted by atomic mass is 16.5. The topological polar surface area (TPSA) is 18.5 Å². The zero-order valence-electron chi connectivity index (χ0n) is 13.0. The van der Waals surface area contributed by atoms with Crippen molar-refractivity contribution in [1.29, 1.82) is 0 Å². The molecule has 21 heavy (non-hydrogen) atoms. The van der Waals surface area contributed by atoms with Gasteiger partial charge in [0.1, 0.15) is 17.2 Å². The molecule has 0 unspecified atom stereocenters. The molecule has 112 valence electrons. The molecular formula is C19H24O2. The average molecular weight is 284 g/mol. The molecule has 2 nitrogen and oxygen atoms in total. The Labute approximate surface area is 127 Å². The van der Waals surface area contributed by atoms with Crippen LogP contribution in [-0.2, 0) is 6.42 Å². The van der Waals surface area contributed by atoms with Crippen molar-refractivity contribution in [3.63, 3.8) is 0 Å². The van der Waals surface area contributed by atoms with E-state index in [1.807, 2.05) is 36.4 Å². The Kier molecular flexibility index (Phi) is 6.14. The van der Waals surface area contributed by atoms with E-state index >= 15 is 0 Å². The summed E-state index contributed by atoms with van der Waals surface area (Å²) in [7, 11) is 1.66. The highest BCUT2D eigenvalue weighted by molar-refractivity contribution is 5.37. The standard InChI is InChI=1S/C19H24O2/c1-3-4-5-6-8-16-11-13-17(14-12-16)21-19-10-7-9-18(15-19)20-2/h7,9-15H,3-6,8H2,1-2H3. The Morgan fingerprint density at radius 2 is 1.57 bits per heavy atom. The van der Waals surface area contributed by atoms with Crippen molar-refractivity contribution in [2.45, 2.75) is 39.0 Å². The van der Waals surface area contributed by atoms with Crippen molar-refractivity contribution >= 4 is 0 Å². The van der Waals surface area contributed by atoms with Crippen molar-refractivity contribution in [3.8, 4) is 17.2 Å². The number of aryl methyl sites for hydroxylation is 1. The molecule has 0 radical (unpaired) electrons. The second kappa shape index (κ2) is 8.35. The van der Waals surface area contributed by atoms with Gasteiger partial charge in [-0.25, -0.2) is 0 Å². The van der Waals surface area contributed by atoms with Gasteiger partial charge in [0, 0.05) is 6.07 Å². The van der Waals surface area contributed by atoms with Crippen molar-refractivity contribution in [1.82, 2.24) is 0 Å². The summed E-state index contributed by atoms with van der Waals surface area (Å²) in [6.07, 6.45) is 6.35. The Hall–Kier alpha value is -1.96. The van der Waals surface area contributed by atoms with Crippen molar-refractivity contribution in [2.24, 2.45) is 0 Å². The maximum atomic E-state index is 5.84. The predicted octanol–water partition coefficient (Wildman–Crippen LogP) is 5.61. The molecule has 0 spiro atoms. The summed E-state index contributed by atoms with van der Waals surface area (Å²) in [6.45, 7) is 2.24. The summed E-state index contributed by atoms with van der Waals surface area (Å²) in [5.74, 6) is 2.46. The summed E-state index contributed by atoms with van der Waals surface area (Å²) < 4.78 is 11.0. The van der Waals surface area contributed by atoms with Gasteiger partial charge in [-0.3, -0.25) is 0 Å². The molecule has 2 rings (SSSR count). The summed E-state index contributed by atoms with van der Waals surface area (Å²) in [6, 6.07) is 16.0. The van der Waals surface area contributed by atoms with Crippen LogP contribution in [0.5, 0.6) is 17.2 Å². The lowest BCUT2D eigenvalue weighted by atomic mass is 10.1. The maximum Gasteiger partial charge on any atom is 0.131 e. The fraction of sp³-hybridized carbons (Fsp3) is 0.368. The molecule has 0 saturated carbocycles. The fourth-order valence-corrected chi connectivity index (χ4v) is 2.28. The van der Waals surface area contributed by atoms with Crippen LogP contribution in [0.25, 0.3) is 0 Å². The highest BCUT2D eigenvalue weighted by Gasteiger charge is 2.00. The van der Waals surface area contributed by atoms with Gasteiger partial charge in [0.2, 0.25) is 0 Å². The van der Waals surface area contributed by atoms with Crippen LogP contribution >= 0.6 is 0 Å². The first-order valence-corrected chi connectivity index (χ1v) is 7.72. The molecule has 0 aliphatic heterocycles. The number of hydrogen-bond donors (Lipinski definition) is 0. The number of ether oxygens (including phenoxy) is 2. The summed E-state index contributed by atoms with van der Waals surface area (Å²) in [5, 5.41) is 0. The predicted molar refractivity (Wildman–Crippen MR) is 87.4 cm³/mol. The minimum atomic E-state index is 0.796. The van der Waals surface area contributed by atoms with E-state index < -0.39 is 0 Å². The molecule has 0 bridgehead atoms. The summed E-state index contributed by atoms with van der Waals surface area (Å²) in [4.78, 5) is 0. The van der Waals surface area contributed by atoms with Crippen molar-refractivity contribution < 1.29 is 9.47 Å². The van der Waals surface area contributed by atoms with Gasteiger partial charge in [0.05, 0.1) is 7.11 Å².